The molecular formula is C11H10F3NO2. The number of alkyl halides is 3. The molecule has 1 aromatic carbocycles. The fourth-order valence-electron chi connectivity index (χ4n) is 1.79. The van der Waals surface area contributed by atoms with Crippen molar-refractivity contribution in [1.29, 1.82) is 0 Å². The summed E-state index contributed by atoms with van der Waals surface area (Å²) in [6.45, 7) is 0. The van der Waals surface area contributed by atoms with E-state index in [9.17, 15) is 18.0 Å². The van der Waals surface area contributed by atoms with E-state index in [-0.39, 0.29) is 6.04 Å². The van der Waals surface area contributed by atoms with Crippen LogP contribution in [0.15, 0.2) is 24.3 Å². The highest BCUT2D eigenvalue weighted by Crippen LogP contribution is 2.33. The first-order valence-corrected chi connectivity index (χ1v) is 5.04. The number of carbonyl (C=O) groups is 1. The van der Waals surface area contributed by atoms with E-state index in [0.29, 0.717) is 12.0 Å². The second kappa shape index (κ2) is 4.03. The van der Waals surface area contributed by atoms with Gasteiger partial charge in [0.05, 0.1) is 5.56 Å². The van der Waals surface area contributed by atoms with E-state index in [4.69, 9.17) is 5.11 Å². The lowest BCUT2D eigenvalue weighted by Gasteiger charge is -2.34. The number of aliphatic carboxylic acids is 1. The molecule has 0 bridgehead atoms. The fraction of sp³-hybridized carbons (Fsp3) is 0.364. The maximum Gasteiger partial charge on any atom is 0.416 e. The molecule has 1 aromatic rings. The SMILES string of the molecule is O=C(O)C1CC(c2cccc(C(F)(F)F)c2)N1. The van der Waals surface area contributed by atoms with Gasteiger partial charge < -0.3 is 5.11 Å². The van der Waals surface area contributed by atoms with Crippen molar-refractivity contribution in [2.24, 2.45) is 0 Å². The summed E-state index contributed by atoms with van der Waals surface area (Å²) in [6, 6.07) is 3.97. The molecule has 0 aromatic heterocycles. The van der Waals surface area contributed by atoms with Gasteiger partial charge in [-0.3, -0.25) is 10.1 Å². The average molecular weight is 245 g/mol. The van der Waals surface area contributed by atoms with Crippen molar-refractivity contribution < 1.29 is 23.1 Å². The molecule has 2 rings (SSSR count). The largest absolute Gasteiger partial charge is 0.480 e. The summed E-state index contributed by atoms with van der Waals surface area (Å²) in [6.07, 6.45) is -4.05. The van der Waals surface area contributed by atoms with E-state index >= 15 is 0 Å². The standard InChI is InChI=1S/C11H10F3NO2/c12-11(13,14)7-3-1-2-6(4-7)8-5-9(15-8)10(16)17/h1-4,8-9,15H,5H2,(H,16,17). The summed E-state index contributed by atoms with van der Waals surface area (Å²) in [5, 5.41) is 11.3. The minimum Gasteiger partial charge on any atom is -0.480 e. The molecule has 92 valence electrons. The Morgan fingerprint density at radius 1 is 1.41 bits per heavy atom. The number of carboxylic acids is 1. The van der Waals surface area contributed by atoms with Crippen LogP contribution in [-0.2, 0) is 11.0 Å². The van der Waals surface area contributed by atoms with Gasteiger partial charge in [-0.15, -0.1) is 0 Å². The van der Waals surface area contributed by atoms with Crippen molar-refractivity contribution in [2.75, 3.05) is 0 Å². The Morgan fingerprint density at radius 3 is 2.59 bits per heavy atom. The molecule has 2 atom stereocenters. The van der Waals surface area contributed by atoms with Gasteiger partial charge in [0, 0.05) is 6.04 Å². The predicted octanol–water partition coefficient (Wildman–Crippen LogP) is 2.19. The molecule has 0 aliphatic carbocycles. The van der Waals surface area contributed by atoms with Gasteiger partial charge in [0.2, 0.25) is 0 Å². The van der Waals surface area contributed by atoms with Crippen molar-refractivity contribution in [1.82, 2.24) is 5.32 Å². The molecule has 0 radical (unpaired) electrons. The third-order valence-corrected chi connectivity index (χ3v) is 2.79. The van der Waals surface area contributed by atoms with Gasteiger partial charge in [-0.1, -0.05) is 12.1 Å². The van der Waals surface area contributed by atoms with Crippen LogP contribution in [0.25, 0.3) is 0 Å². The van der Waals surface area contributed by atoms with Crippen molar-refractivity contribution >= 4 is 5.97 Å². The van der Waals surface area contributed by atoms with Gasteiger partial charge >= 0.3 is 12.1 Å². The van der Waals surface area contributed by atoms with E-state index in [1.165, 1.54) is 6.07 Å². The van der Waals surface area contributed by atoms with Gasteiger partial charge in [0.15, 0.2) is 0 Å². The molecule has 2 unspecified atom stereocenters. The molecule has 6 heteroatoms. The summed E-state index contributed by atoms with van der Waals surface area (Å²) in [7, 11) is 0. The van der Waals surface area contributed by atoms with Crippen LogP contribution in [0.4, 0.5) is 13.2 Å². The molecule has 1 saturated heterocycles. The van der Waals surface area contributed by atoms with Crippen LogP contribution in [0.5, 0.6) is 0 Å². The van der Waals surface area contributed by atoms with Crippen LogP contribution in [-0.4, -0.2) is 17.1 Å². The first-order chi connectivity index (χ1) is 7.88. The van der Waals surface area contributed by atoms with E-state index < -0.39 is 23.8 Å². The number of nitrogens with one attached hydrogen (secondary N) is 1. The molecule has 17 heavy (non-hydrogen) atoms. The number of halogens is 3. The Kier molecular flexibility index (Phi) is 2.82. The summed E-state index contributed by atoms with van der Waals surface area (Å²) in [4.78, 5) is 10.5. The number of hydrogen-bond acceptors (Lipinski definition) is 2. The monoisotopic (exact) mass is 245 g/mol. The third kappa shape index (κ3) is 2.41. The van der Waals surface area contributed by atoms with Crippen LogP contribution in [0, 0.1) is 0 Å². The number of carboxylic acid groups (broad SMARTS) is 1. The second-order valence-corrected chi connectivity index (χ2v) is 3.97. The minimum atomic E-state index is -4.37. The summed E-state index contributed by atoms with van der Waals surface area (Å²) < 4.78 is 37.3. The van der Waals surface area contributed by atoms with Crippen LogP contribution in [0.3, 0.4) is 0 Å². The molecule has 1 heterocycles. The molecular weight excluding hydrogens is 235 g/mol. The van der Waals surface area contributed by atoms with Gasteiger partial charge in [-0.2, -0.15) is 13.2 Å². The minimum absolute atomic E-state index is 0.307. The van der Waals surface area contributed by atoms with Crippen LogP contribution >= 0.6 is 0 Å². The molecule has 0 amide bonds. The van der Waals surface area contributed by atoms with Gasteiger partial charge in [0.25, 0.3) is 0 Å². The molecule has 0 spiro atoms. The molecule has 3 nitrogen and oxygen atoms in total. The Labute approximate surface area is 95.3 Å². The predicted molar refractivity (Wildman–Crippen MR) is 53.4 cm³/mol. The second-order valence-electron chi connectivity index (χ2n) is 3.97. The van der Waals surface area contributed by atoms with Crippen molar-refractivity contribution in [3.63, 3.8) is 0 Å². The molecule has 1 aliphatic heterocycles. The molecule has 0 saturated carbocycles. The highest BCUT2D eigenvalue weighted by molar-refractivity contribution is 5.75. The fourth-order valence-corrected chi connectivity index (χ4v) is 1.79. The smallest absolute Gasteiger partial charge is 0.416 e. The number of hydrogen-bond donors (Lipinski definition) is 2. The summed E-state index contributed by atoms with van der Waals surface area (Å²) >= 11 is 0. The van der Waals surface area contributed by atoms with Crippen molar-refractivity contribution in [3.05, 3.63) is 35.4 Å². The van der Waals surface area contributed by atoms with E-state index in [1.54, 1.807) is 6.07 Å². The zero-order chi connectivity index (χ0) is 12.6. The summed E-state index contributed by atoms with van der Waals surface area (Å²) in [5.74, 6) is -0.978. The Bertz CT molecular complexity index is 439. The highest BCUT2D eigenvalue weighted by Gasteiger charge is 2.36. The quantitative estimate of drug-likeness (QED) is 0.839. The zero-order valence-corrected chi connectivity index (χ0v) is 8.66. The first kappa shape index (κ1) is 11.9. The highest BCUT2D eigenvalue weighted by atomic mass is 19.4. The molecule has 1 fully saturated rings. The van der Waals surface area contributed by atoms with E-state index in [2.05, 4.69) is 5.32 Å². The van der Waals surface area contributed by atoms with Gasteiger partial charge in [-0.25, -0.2) is 0 Å². The summed E-state index contributed by atoms with van der Waals surface area (Å²) in [5.41, 5.74) is -0.243. The maximum absolute atomic E-state index is 12.4. The lowest BCUT2D eigenvalue weighted by atomic mass is 9.90. The molecule has 2 N–H and O–H groups in total. The van der Waals surface area contributed by atoms with E-state index in [0.717, 1.165) is 12.1 Å². The normalized spacial score (nSPS) is 24.2. The average Bonchev–Trinajstić information content (AvgIpc) is 2.13. The topological polar surface area (TPSA) is 49.3 Å². The van der Waals surface area contributed by atoms with Crippen LogP contribution in [0.2, 0.25) is 0 Å². The maximum atomic E-state index is 12.4. The first-order valence-electron chi connectivity index (χ1n) is 5.04. The Morgan fingerprint density at radius 2 is 2.06 bits per heavy atom. The number of rotatable bonds is 2. The lowest BCUT2D eigenvalue weighted by Crippen LogP contribution is -2.50. The zero-order valence-electron chi connectivity index (χ0n) is 8.66. The van der Waals surface area contributed by atoms with Crippen LogP contribution in [0.1, 0.15) is 23.6 Å². The lowest BCUT2D eigenvalue weighted by molar-refractivity contribution is -0.142. The van der Waals surface area contributed by atoms with Crippen LogP contribution < -0.4 is 5.32 Å². The van der Waals surface area contributed by atoms with Gasteiger partial charge in [0.1, 0.15) is 6.04 Å². The van der Waals surface area contributed by atoms with E-state index in [1.807, 2.05) is 0 Å². The Hall–Kier alpha value is -1.56. The molecule has 1 aliphatic rings. The third-order valence-electron chi connectivity index (χ3n) is 2.79. The Balaban J connectivity index is 2.11. The number of benzene rings is 1. The van der Waals surface area contributed by atoms with Crippen molar-refractivity contribution in [2.45, 2.75) is 24.7 Å². The van der Waals surface area contributed by atoms with Crippen molar-refractivity contribution in [3.8, 4) is 0 Å². The van der Waals surface area contributed by atoms with Gasteiger partial charge in [-0.05, 0) is 24.1 Å².